The standard InChI is InChI=1S/C19H25F3N2O5S/c20-19(21,22)13-29-16-8-7-14(30(26,27)24-9-3-1-2-4-10-24)12-15(16)23-18(25)17-6-5-11-28-17/h7-8,12,17H,1-6,9-11,13H2,(H,23,25)/t17-/m0/s1. The molecule has 2 aliphatic heterocycles. The highest BCUT2D eigenvalue weighted by Crippen LogP contribution is 2.32. The molecule has 2 aliphatic rings. The van der Waals surface area contributed by atoms with E-state index in [0.717, 1.165) is 37.8 Å². The maximum atomic E-state index is 13.0. The van der Waals surface area contributed by atoms with Gasteiger partial charge in [0.15, 0.2) is 6.61 Å². The van der Waals surface area contributed by atoms with Crippen LogP contribution >= 0.6 is 0 Å². The number of sulfonamides is 1. The lowest BCUT2D eigenvalue weighted by Gasteiger charge is -2.21. The molecule has 7 nitrogen and oxygen atoms in total. The number of anilines is 1. The van der Waals surface area contributed by atoms with Crippen LogP contribution in [0.4, 0.5) is 18.9 Å². The molecule has 1 N–H and O–H groups in total. The summed E-state index contributed by atoms with van der Waals surface area (Å²) in [6.07, 6.45) is -0.755. The van der Waals surface area contributed by atoms with Crippen molar-refractivity contribution < 1.29 is 35.9 Å². The number of halogens is 3. The molecule has 0 spiro atoms. The number of nitrogens with one attached hydrogen (secondary N) is 1. The summed E-state index contributed by atoms with van der Waals surface area (Å²) in [5, 5.41) is 2.48. The summed E-state index contributed by atoms with van der Waals surface area (Å²) in [7, 11) is -3.85. The van der Waals surface area contributed by atoms with Gasteiger partial charge < -0.3 is 14.8 Å². The van der Waals surface area contributed by atoms with Gasteiger partial charge in [-0.25, -0.2) is 8.42 Å². The SMILES string of the molecule is O=C(Nc1cc(S(=O)(=O)N2CCCCCC2)ccc1OCC(F)(F)F)[C@@H]1CCCO1. The summed E-state index contributed by atoms with van der Waals surface area (Å²) < 4.78 is 75.3. The average molecular weight is 450 g/mol. The molecule has 0 radical (unpaired) electrons. The topological polar surface area (TPSA) is 84.9 Å². The number of benzene rings is 1. The quantitative estimate of drug-likeness (QED) is 0.719. The molecular weight excluding hydrogens is 425 g/mol. The number of hydrogen-bond donors (Lipinski definition) is 1. The first-order chi connectivity index (χ1) is 14.2. The van der Waals surface area contributed by atoms with Crippen molar-refractivity contribution in [2.24, 2.45) is 0 Å². The fraction of sp³-hybridized carbons (Fsp3) is 0.632. The smallest absolute Gasteiger partial charge is 0.422 e. The average Bonchev–Trinajstić information content (AvgIpc) is 3.08. The van der Waals surface area contributed by atoms with Gasteiger partial charge in [0.05, 0.1) is 10.6 Å². The number of alkyl halides is 3. The molecule has 11 heteroatoms. The minimum Gasteiger partial charge on any atom is -0.482 e. The molecule has 30 heavy (non-hydrogen) atoms. The van der Waals surface area contributed by atoms with Gasteiger partial charge in [0, 0.05) is 19.7 Å². The number of nitrogens with zero attached hydrogens (tertiary/aromatic N) is 1. The van der Waals surface area contributed by atoms with Gasteiger partial charge in [-0.15, -0.1) is 0 Å². The van der Waals surface area contributed by atoms with E-state index in [1.807, 2.05) is 0 Å². The molecule has 2 fully saturated rings. The summed E-state index contributed by atoms with van der Waals surface area (Å²) >= 11 is 0. The highest BCUT2D eigenvalue weighted by atomic mass is 32.2. The lowest BCUT2D eigenvalue weighted by Crippen LogP contribution is -2.32. The summed E-state index contributed by atoms with van der Waals surface area (Å²) in [5.74, 6) is -0.804. The zero-order valence-electron chi connectivity index (χ0n) is 16.4. The molecule has 1 aromatic rings. The summed E-state index contributed by atoms with van der Waals surface area (Å²) in [6, 6.07) is 3.49. The number of carbonyl (C=O) groups excluding carboxylic acids is 1. The normalized spacial score (nSPS) is 21.2. The molecule has 0 unspecified atom stereocenters. The van der Waals surface area contributed by atoms with E-state index in [-0.39, 0.29) is 16.3 Å². The van der Waals surface area contributed by atoms with E-state index in [4.69, 9.17) is 9.47 Å². The van der Waals surface area contributed by atoms with E-state index in [1.165, 1.54) is 10.4 Å². The first-order valence-electron chi connectivity index (χ1n) is 9.93. The van der Waals surface area contributed by atoms with Gasteiger partial charge in [-0.05, 0) is 43.9 Å². The van der Waals surface area contributed by atoms with Crippen LogP contribution < -0.4 is 10.1 Å². The van der Waals surface area contributed by atoms with Gasteiger partial charge in [0.1, 0.15) is 11.9 Å². The Morgan fingerprint density at radius 1 is 1.17 bits per heavy atom. The van der Waals surface area contributed by atoms with Crippen molar-refractivity contribution in [2.75, 3.05) is 31.6 Å². The Morgan fingerprint density at radius 3 is 2.47 bits per heavy atom. The summed E-state index contributed by atoms with van der Waals surface area (Å²) in [4.78, 5) is 12.3. The van der Waals surface area contributed by atoms with Crippen LogP contribution in [0.1, 0.15) is 38.5 Å². The molecule has 0 aliphatic carbocycles. The van der Waals surface area contributed by atoms with E-state index >= 15 is 0 Å². The van der Waals surface area contributed by atoms with Crippen molar-refractivity contribution in [3.05, 3.63) is 18.2 Å². The number of rotatable bonds is 6. The van der Waals surface area contributed by atoms with Crippen LogP contribution in [0.2, 0.25) is 0 Å². The Kier molecular flexibility index (Phi) is 7.25. The predicted octanol–water partition coefficient (Wildman–Crippen LogP) is 3.31. The van der Waals surface area contributed by atoms with Gasteiger partial charge in [-0.2, -0.15) is 17.5 Å². The van der Waals surface area contributed by atoms with Crippen molar-refractivity contribution in [2.45, 2.75) is 55.7 Å². The Hall–Kier alpha value is -1.85. The van der Waals surface area contributed by atoms with Gasteiger partial charge in [0.25, 0.3) is 5.91 Å². The monoisotopic (exact) mass is 450 g/mol. The Bertz CT molecular complexity index is 846. The zero-order chi connectivity index (χ0) is 21.8. The van der Waals surface area contributed by atoms with Gasteiger partial charge in [-0.1, -0.05) is 12.8 Å². The van der Waals surface area contributed by atoms with Crippen LogP contribution in [0.15, 0.2) is 23.1 Å². The molecule has 3 rings (SSSR count). The largest absolute Gasteiger partial charge is 0.482 e. The Balaban J connectivity index is 1.88. The third kappa shape index (κ3) is 5.86. The molecule has 1 aromatic carbocycles. The summed E-state index contributed by atoms with van der Waals surface area (Å²) in [5.41, 5.74) is -0.129. The second-order valence-corrected chi connectivity index (χ2v) is 9.31. The van der Waals surface area contributed by atoms with Crippen LogP contribution in [0.5, 0.6) is 5.75 Å². The number of hydrogen-bond acceptors (Lipinski definition) is 5. The van der Waals surface area contributed by atoms with Crippen LogP contribution in [-0.2, 0) is 19.6 Å². The third-order valence-corrected chi connectivity index (χ3v) is 6.92. The lowest BCUT2D eigenvalue weighted by atomic mass is 10.2. The fourth-order valence-corrected chi connectivity index (χ4v) is 5.03. The van der Waals surface area contributed by atoms with Gasteiger partial charge in [0.2, 0.25) is 10.0 Å². The molecule has 0 bridgehead atoms. The molecule has 168 valence electrons. The first kappa shape index (κ1) is 22.8. The van der Waals surface area contributed by atoms with E-state index in [0.29, 0.717) is 32.5 Å². The predicted molar refractivity (Wildman–Crippen MR) is 103 cm³/mol. The highest BCUT2D eigenvalue weighted by molar-refractivity contribution is 7.89. The maximum Gasteiger partial charge on any atom is 0.422 e. The fourth-order valence-electron chi connectivity index (χ4n) is 3.48. The van der Waals surface area contributed by atoms with Crippen LogP contribution in [0.3, 0.4) is 0 Å². The molecule has 0 aromatic heterocycles. The Labute approximate surface area is 173 Å². The number of ether oxygens (including phenoxy) is 2. The van der Waals surface area contributed by atoms with Crippen molar-refractivity contribution in [3.8, 4) is 5.75 Å². The van der Waals surface area contributed by atoms with Crippen molar-refractivity contribution in [1.29, 1.82) is 0 Å². The van der Waals surface area contributed by atoms with E-state index in [9.17, 15) is 26.4 Å². The Morgan fingerprint density at radius 2 is 1.87 bits per heavy atom. The lowest BCUT2D eigenvalue weighted by molar-refractivity contribution is -0.153. The van der Waals surface area contributed by atoms with Crippen LogP contribution in [0, 0.1) is 0 Å². The van der Waals surface area contributed by atoms with Gasteiger partial charge >= 0.3 is 6.18 Å². The van der Waals surface area contributed by atoms with Crippen molar-refractivity contribution in [3.63, 3.8) is 0 Å². The molecule has 0 saturated carbocycles. The molecule has 1 atom stereocenters. The molecule has 2 saturated heterocycles. The minimum atomic E-state index is -4.58. The van der Waals surface area contributed by atoms with Crippen molar-refractivity contribution in [1.82, 2.24) is 4.31 Å². The van der Waals surface area contributed by atoms with E-state index in [1.54, 1.807) is 0 Å². The zero-order valence-corrected chi connectivity index (χ0v) is 17.2. The molecule has 1 amide bonds. The maximum absolute atomic E-state index is 13.0. The molecule has 2 heterocycles. The van der Waals surface area contributed by atoms with Crippen LogP contribution in [0.25, 0.3) is 0 Å². The number of carbonyl (C=O) groups is 1. The minimum absolute atomic E-state index is 0.105. The van der Waals surface area contributed by atoms with Crippen molar-refractivity contribution >= 4 is 21.6 Å². The van der Waals surface area contributed by atoms with Gasteiger partial charge in [-0.3, -0.25) is 4.79 Å². The number of amides is 1. The highest BCUT2D eigenvalue weighted by Gasteiger charge is 2.31. The van der Waals surface area contributed by atoms with E-state index in [2.05, 4.69) is 5.32 Å². The molecular formula is C19H25F3N2O5S. The second kappa shape index (κ2) is 9.52. The third-order valence-electron chi connectivity index (χ3n) is 5.03. The second-order valence-electron chi connectivity index (χ2n) is 7.37. The summed E-state index contributed by atoms with van der Waals surface area (Å²) in [6.45, 7) is -0.383. The van der Waals surface area contributed by atoms with E-state index < -0.39 is 34.8 Å². The van der Waals surface area contributed by atoms with Crippen LogP contribution in [-0.4, -0.2) is 57.2 Å². The first-order valence-corrected chi connectivity index (χ1v) is 11.4.